The molecule has 0 aliphatic heterocycles. The van der Waals surface area contributed by atoms with Crippen LogP contribution in [-0.2, 0) is 6.54 Å². The molecule has 0 saturated carbocycles. The molecule has 1 heterocycles. The van der Waals surface area contributed by atoms with Gasteiger partial charge in [0.1, 0.15) is 17.5 Å². The molecule has 1 aromatic carbocycles. The van der Waals surface area contributed by atoms with Crippen molar-refractivity contribution in [1.29, 1.82) is 0 Å². The minimum atomic E-state index is 0.293. The molecule has 2 rings (SSSR count). The standard InChI is InChI=1S/C16H21BrN4/c1-10(2)14-20-15(18-4)11(3)16(21-14)19-9-12-7-5-6-8-13(12)17/h5-8,10H,9H2,1-4H3,(H2,18,19,20,21). The van der Waals surface area contributed by atoms with Crippen LogP contribution in [0.1, 0.15) is 36.7 Å². The first-order valence-corrected chi connectivity index (χ1v) is 7.85. The number of halogens is 1. The molecule has 5 heteroatoms. The van der Waals surface area contributed by atoms with E-state index in [0.29, 0.717) is 5.92 Å². The lowest BCUT2D eigenvalue weighted by Crippen LogP contribution is -2.10. The highest BCUT2D eigenvalue weighted by atomic mass is 79.9. The largest absolute Gasteiger partial charge is 0.373 e. The Morgan fingerprint density at radius 2 is 1.81 bits per heavy atom. The number of hydrogen-bond acceptors (Lipinski definition) is 4. The fraction of sp³-hybridized carbons (Fsp3) is 0.375. The summed E-state index contributed by atoms with van der Waals surface area (Å²) in [5.41, 5.74) is 2.24. The van der Waals surface area contributed by atoms with Crippen LogP contribution in [0.4, 0.5) is 11.6 Å². The first kappa shape index (κ1) is 15.8. The van der Waals surface area contributed by atoms with Crippen molar-refractivity contribution in [1.82, 2.24) is 9.97 Å². The molecule has 2 aromatic rings. The van der Waals surface area contributed by atoms with Gasteiger partial charge in [0.15, 0.2) is 0 Å². The highest BCUT2D eigenvalue weighted by Crippen LogP contribution is 2.24. The average Bonchev–Trinajstić information content (AvgIpc) is 2.47. The molecule has 4 nitrogen and oxygen atoms in total. The van der Waals surface area contributed by atoms with E-state index in [9.17, 15) is 0 Å². The van der Waals surface area contributed by atoms with Crippen LogP contribution in [0.3, 0.4) is 0 Å². The summed E-state index contributed by atoms with van der Waals surface area (Å²) < 4.78 is 1.10. The van der Waals surface area contributed by atoms with E-state index in [1.165, 1.54) is 5.56 Å². The van der Waals surface area contributed by atoms with E-state index in [4.69, 9.17) is 0 Å². The second-order valence-electron chi connectivity index (χ2n) is 5.25. The average molecular weight is 349 g/mol. The van der Waals surface area contributed by atoms with E-state index in [1.54, 1.807) is 0 Å². The predicted octanol–water partition coefficient (Wildman–Crippen LogP) is 4.32. The van der Waals surface area contributed by atoms with Gasteiger partial charge in [-0.25, -0.2) is 9.97 Å². The van der Waals surface area contributed by atoms with Crippen LogP contribution < -0.4 is 10.6 Å². The molecule has 0 amide bonds. The predicted molar refractivity (Wildman–Crippen MR) is 91.9 cm³/mol. The van der Waals surface area contributed by atoms with Crippen molar-refractivity contribution < 1.29 is 0 Å². The third-order valence-electron chi connectivity index (χ3n) is 3.32. The lowest BCUT2D eigenvalue weighted by atomic mass is 10.2. The summed E-state index contributed by atoms with van der Waals surface area (Å²) >= 11 is 3.57. The van der Waals surface area contributed by atoms with Gasteiger partial charge in [-0.2, -0.15) is 0 Å². The third kappa shape index (κ3) is 3.73. The minimum Gasteiger partial charge on any atom is -0.373 e. The third-order valence-corrected chi connectivity index (χ3v) is 4.09. The maximum Gasteiger partial charge on any atom is 0.135 e. The monoisotopic (exact) mass is 348 g/mol. The van der Waals surface area contributed by atoms with Crippen molar-refractivity contribution in [3.63, 3.8) is 0 Å². The second-order valence-corrected chi connectivity index (χ2v) is 6.11. The Morgan fingerprint density at radius 3 is 2.43 bits per heavy atom. The Labute approximate surface area is 134 Å². The Kier molecular flexibility index (Phi) is 5.17. The lowest BCUT2D eigenvalue weighted by Gasteiger charge is -2.15. The first-order chi connectivity index (χ1) is 10.0. The number of benzene rings is 1. The topological polar surface area (TPSA) is 49.8 Å². The van der Waals surface area contributed by atoms with Crippen molar-refractivity contribution in [3.05, 3.63) is 45.7 Å². The Morgan fingerprint density at radius 1 is 1.14 bits per heavy atom. The van der Waals surface area contributed by atoms with Crippen LogP contribution in [0.15, 0.2) is 28.7 Å². The van der Waals surface area contributed by atoms with Crippen molar-refractivity contribution in [2.24, 2.45) is 0 Å². The van der Waals surface area contributed by atoms with Gasteiger partial charge in [0, 0.05) is 29.5 Å². The molecule has 0 spiro atoms. The summed E-state index contributed by atoms with van der Waals surface area (Å²) in [6, 6.07) is 8.19. The quantitative estimate of drug-likeness (QED) is 0.844. The van der Waals surface area contributed by atoms with E-state index < -0.39 is 0 Å². The summed E-state index contributed by atoms with van der Waals surface area (Å²) in [4.78, 5) is 9.20. The van der Waals surface area contributed by atoms with Gasteiger partial charge in [0.05, 0.1) is 0 Å². The number of hydrogen-bond donors (Lipinski definition) is 2. The normalized spacial score (nSPS) is 10.8. The van der Waals surface area contributed by atoms with Crippen LogP contribution in [-0.4, -0.2) is 17.0 Å². The van der Waals surface area contributed by atoms with E-state index in [2.05, 4.69) is 56.4 Å². The van der Waals surface area contributed by atoms with E-state index in [1.807, 2.05) is 32.2 Å². The van der Waals surface area contributed by atoms with Crippen LogP contribution >= 0.6 is 15.9 Å². The van der Waals surface area contributed by atoms with Crippen LogP contribution in [0, 0.1) is 6.92 Å². The molecule has 21 heavy (non-hydrogen) atoms. The summed E-state index contributed by atoms with van der Waals surface area (Å²) in [5, 5.41) is 6.56. The molecule has 0 atom stereocenters. The minimum absolute atomic E-state index is 0.293. The molecule has 0 fully saturated rings. The smallest absolute Gasteiger partial charge is 0.135 e. The fourth-order valence-electron chi connectivity index (χ4n) is 2.03. The summed E-state index contributed by atoms with van der Waals surface area (Å²) in [5.74, 6) is 2.90. The SMILES string of the molecule is CNc1nc(C(C)C)nc(NCc2ccccc2Br)c1C. The van der Waals surface area contributed by atoms with Gasteiger partial charge in [0.25, 0.3) is 0 Å². The number of rotatable bonds is 5. The van der Waals surface area contributed by atoms with Crippen LogP contribution in [0.5, 0.6) is 0 Å². The lowest BCUT2D eigenvalue weighted by molar-refractivity contribution is 0.773. The van der Waals surface area contributed by atoms with Crippen molar-refractivity contribution in [2.45, 2.75) is 33.2 Å². The second kappa shape index (κ2) is 6.89. The highest BCUT2D eigenvalue weighted by Gasteiger charge is 2.12. The Hall–Kier alpha value is -1.62. The highest BCUT2D eigenvalue weighted by molar-refractivity contribution is 9.10. The van der Waals surface area contributed by atoms with Crippen LogP contribution in [0.2, 0.25) is 0 Å². The Bertz CT molecular complexity index is 626. The maximum absolute atomic E-state index is 4.65. The molecule has 0 unspecified atom stereocenters. The molecule has 112 valence electrons. The Balaban J connectivity index is 2.27. The van der Waals surface area contributed by atoms with Crippen molar-refractivity contribution >= 4 is 27.6 Å². The molecule has 0 radical (unpaired) electrons. The molecule has 0 aliphatic rings. The summed E-state index contributed by atoms with van der Waals surface area (Å²) in [7, 11) is 1.89. The number of aromatic nitrogens is 2. The van der Waals surface area contributed by atoms with Gasteiger partial charge < -0.3 is 10.6 Å². The van der Waals surface area contributed by atoms with Gasteiger partial charge in [-0.05, 0) is 18.6 Å². The fourth-order valence-corrected chi connectivity index (χ4v) is 2.45. The molecule has 0 saturated heterocycles. The molecule has 0 bridgehead atoms. The van der Waals surface area contributed by atoms with Gasteiger partial charge in [-0.3, -0.25) is 0 Å². The van der Waals surface area contributed by atoms with Gasteiger partial charge in [0.2, 0.25) is 0 Å². The van der Waals surface area contributed by atoms with Crippen molar-refractivity contribution in [2.75, 3.05) is 17.7 Å². The molecular weight excluding hydrogens is 328 g/mol. The van der Waals surface area contributed by atoms with Gasteiger partial charge in [-0.1, -0.05) is 48.0 Å². The number of nitrogens with zero attached hydrogens (tertiary/aromatic N) is 2. The molecule has 0 aliphatic carbocycles. The van der Waals surface area contributed by atoms with Crippen LogP contribution in [0.25, 0.3) is 0 Å². The summed E-state index contributed by atoms with van der Waals surface area (Å²) in [6.07, 6.45) is 0. The van der Waals surface area contributed by atoms with Gasteiger partial charge in [-0.15, -0.1) is 0 Å². The van der Waals surface area contributed by atoms with E-state index in [0.717, 1.165) is 34.0 Å². The molecular formula is C16H21BrN4. The molecule has 1 aromatic heterocycles. The molecule has 2 N–H and O–H groups in total. The van der Waals surface area contributed by atoms with E-state index >= 15 is 0 Å². The zero-order valence-corrected chi connectivity index (χ0v) is 14.5. The zero-order chi connectivity index (χ0) is 15.4. The van der Waals surface area contributed by atoms with Crippen molar-refractivity contribution in [3.8, 4) is 0 Å². The number of anilines is 2. The van der Waals surface area contributed by atoms with E-state index in [-0.39, 0.29) is 0 Å². The first-order valence-electron chi connectivity index (χ1n) is 7.06. The van der Waals surface area contributed by atoms with Gasteiger partial charge >= 0.3 is 0 Å². The summed E-state index contributed by atoms with van der Waals surface area (Å²) in [6.45, 7) is 6.95. The maximum atomic E-state index is 4.65. The number of nitrogens with one attached hydrogen (secondary N) is 2. The zero-order valence-electron chi connectivity index (χ0n) is 12.9.